The van der Waals surface area contributed by atoms with E-state index >= 15 is 0 Å². The molecule has 0 atom stereocenters. The lowest BCUT2D eigenvalue weighted by atomic mass is 9.91. The minimum atomic E-state index is -0.273. The Kier molecular flexibility index (Phi) is 3.49. The molecule has 0 radical (unpaired) electrons. The van der Waals surface area contributed by atoms with Gasteiger partial charge in [0.2, 0.25) is 0 Å². The van der Waals surface area contributed by atoms with Gasteiger partial charge < -0.3 is 9.88 Å². The molecule has 0 bridgehead atoms. The van der Waals surface area contributed by atoms with E-state index in [1.165, 1.54) is 0 Å². The number of aromatic nitrogens is 1. The summed E-state index contributed by atoms with van der Waals surface area (Å²) >= 11 is 6.00. The third-order valence-electron chi connectivity index (χ3n) is 4.67. The number of hydrogen-bond donors (Lipinski definition) is 1. The Morgan fingerprint density at radius 2 is 1.91 bits per heavy atom. The van der Waals surface area contributed by atoms with Crippen LogP contribution in [-0.2, 0) is 0 Å². The van der Waals surface area contributed by atoms with Gasteiger partial charge in [-0.15, -0.1) is 0 Å². The lowest BCUT2D eigenvalue weighted by molar-refractivity contribution is 0.0600. The van der Waals surface area contributed by atoms with Gasteiger partial charge in [0.15, 0.2) is 0 Å². The molecule has 2 fully saturated rings. The topological polar surface area (TPSA) is 53.2 Å². The molecule has 5 heteroatoms. The van der Waals surface area contributed by atoms with Gasteiger partial charge in [0.25, 0.3) is 11.5 Å². The van der Waals surface area contributed by atoms with Crippen LogP contribution in [0.4, 0.5) is 0 Å². The van der Waals surface area contributed by atoms with Crippen molar-refractivity contribution >= 4 is 17.5 Å². The first-order valence-electron chi connectivity index (χ1n) is 7.90. The van der Waals surface area contributed by atoms with E-state index < -0.39 is 0 Å². The monoisotopic (exact) mass is 328 g/mol. The second-order valence-corrected chi connectivity index (χ2v) is 6.83. The summed E-state index contributed by atoms with van der Waals surface area (Å²) in [5.41, 5.74) is 2.05. The summed E-state index contributed by atoms with van der Waals surface area (Å²) in [7, 11) is 0. The van der Waals surface area contributed by atoms with Crippen molar-refractivity contribution in [3.8, 4) is 0 Å². The minimum Gasteiger partial charge on any atom is -0.337 e. The summed E-state index contributed by atoms with van der Waals surface area (Å²) in [6, 6.07) is 11.3. The maximum atomic E-state index is 12.5. The number of likely N-dealkylation sites (tertiary alicyclic amines) is 1. The molecule has 1 amide bonds. The number of halogens is 1. The highest BCUT2D eigenvalue weighted by atomic mass is 35.5. The van der Waals surface area contributed by atoms with Crippen molar-refractivity contribution in [2.24, 2.45) is 0 Å². The Bertz CT molecular complexity index is 820. The third kappa shape index (κ3) is 2.79. The van der Waals surface area contributed by atoms with E-state index in [0.29, 0.717) is 29.9 Å². The highest BCUT2D eigenvalue weighted by molar-refractivity contribution is 6.30. The molecule has 4 nitrogen and oxygen atoms in total. The van der Waals surface area contributed by atoms with Crippen molar-refractivity contribution in [1.29, 1.82) is 0 Å². The van der Waals surface area contributed by atoms with Crippen molar-refractivity contribution < 1.29 is 4.79 Å². The summed E-state index contributed by atoms with van der Waals surface area (Å²) in [5, 5.41) is 0.708. The van der Waals surface area contributed by atoms with Crippen LogP contribution in [0.2, 0.25) is 5.02 Å². The molecular formula is C18H17ClN2O2. The molecule has 0 spiro atoms. The van der Waals surface area contributed by atoms with E-state index in [4.69, 9.17) is 11.6 Å². The number of aromatic amines is 1. The van der Waals surface area contributed by atoms with Gasteiger partial charge in [-0.1, -0.05) is 23.7 Å². The lowest BCUT2D eigenvalue weighted by Crippen LogP contribution is -2.49. The summed E-state index contributed by atoms with van der Waals surface area (Å²) in [4.78, 5) is 29.2. The second-order valence-electron chi connectivity index (χ2n) is 6.39. The summed E-state index contributed by atoms with van der Waals surface area (Å²) in [5.74, 6) is 0.581. The zero-order valence-corrected chi connectivity index (χ0v) is 13.3. The smallest absolute Gasteiger partial charge is 0.261 e. The molecule has 1 aliphatic carbocycles. The Labute approximate surface area is 139 Å². The van der Waals surface area contributed by atoms with Gasteiger partial charge in [-0.05, 0) is 48.6 Å². The van der Waals surface area contributed by atoms with Crippen LogP contribution in [-0.4, -0.2) is 28.9 Å². The number of H-pyrrole nitrogens is 1. The average molecular weight is 329 g/mol. The average Bonchev–Trinajstić information content (AvgIpc) is 3.30. The molecule has 1 aliphatic heterocycles. The number of hydrogen-bond acceptors (Lipinski definition) is 2. The maximum absolute atomic E-state index is 12.5. The molecule has 1 N–H and O–H groups in total. The van der Waals surface area contributed by atoms with Crippen molar-refractivity contribution in [3.05, 3.63) is 68.6 Å². The van der Waals surface area contributed by atoms with Crippen LogP contribution >= 0.6 is 11.6 Å². The van der Waals surface area contributed by atoms with Gasteiger partial charge in [0, 0.05) is 29.7 Å². The quantitative estimate of drug-likeness (QED) is 0.941. The number of rotatable bonds is 3. The first-order valence-corrected chi connectivity index (χ1v) is 8.27. The normalized spacial score (nSPS) is 17.9. The molecule has 1 saturated heterocycles. The zero-order valence-electron chi connectivity index (χ0n) is 12.6. The number of carbonyl (C=O) groups excluding carboxylic acids is 1. The summed E-state index contributed by atoms with van der Waals surface area (Å²) in [6.07, 6.45) is 2.24. The van der Waals surface area contributed by atoms with Crippen LogP contribution in [0.1, 0.15) is 46.3 Å². The lowest BCUT2D eigenvalue weighted by Gasteiger charge is -2.39. The van der Waals surface area contributed by atoms with Crippen LogP contribution in [0.5, 0.6) is 0 Å². The van der Waals surface area contributed by atoms with Gasteiger partial charge >= 0.3 is 0 Å². The van der Waals surface area contributed by atoms with Gasteiger partial charge in [-0.2, -0.15) is 0 Å². The first kappa shape index (κ1) is 14.5. The Morgan fingerprint density at radius 3 is 2.57 bits per heavy atom. The van der Waals surface area contributed by atoms with Crippen molar-refractivity contribution in [3.63, 3.8) is 0 Å². The molecule has 1 aromatic carbocycles. The molecule has 4 rings (SSSR count). The predicted molar refractivity (Wildman–Crippen MR) is 89.1 cm³/mol. The number of pyridine rings is 1. The number of nitrogens with zero attached hydrogens (tertiary/aromatic N) is 1. The van der Waals surface area contributed by atoms with Crippen LogP contribution in [0, 0.1) is 0 Å². The van der Waals surface area contributed by atoms with Crippen molar-refractivity contribution in [2.75, 3.05) is 13.1 Å². The Morgan fingerprint density at radius 1 is 1.13 bits per heavy atom. The predicted octanol–water partition coefficient (Wildman–Crippen LogP) is 3.15. The second kappa shape index (κ2) is 5.53. The molecule has 2 heterocycles. The molecule has 0 unspecified atom stereocenters. The maximum Gasteiger partial charge on any atom is 0.261 e. The number of amides is 1. The third-order valence-corrected chi connectivity index (χ3v) is 4.90. The van der Waals surface area contributed by atoms with E-state index in [0.717, 1.165) is 24.1 Å². The van der Waals surface area contributed by atoms with E-state index in [1.54, 1.807) is 11.0 Å². The van der Waals surface area contributed by atoms with Crippen LogP contribution in [0.15, 0.2) is 41.2 Å². The number of nitrogens with one attached hydrogen (secondary N) is 1. The van der Waals surface area contributed by atoms with Gasteiger partial charge in [0.1, 0.15) is 5.56 Å². The van der Waals surface area contributed by atoms with E-state index in [9.17, 15) is 9.59 Å². The fourth-order valence-electron chi connectivity index (χ4n) is 3.08. The summed E-state index contributed by atoms with van der Waals surface area (Å²) in [6.45, 7) is 1.26. The first-order chi connectivity index (χ1) is 11.1. The Hall–Kier alpha value is -2.07. The molecule has 2 aromatic rings. The SMILES string of the molecule is O=C(c1ccc(C2CC2)[nH]c1=O)N1CC(c2cccc(Cl)c2)C1. The highest BCUT2D eigenvalue weighted by Gasteiger charge is 2.33. The Balaban J connectivity index is 1.46. The van der Waals surface area contributed by atoms with Gasteiger partial charge in [0.05, 0.1) is 0 Å². The highest BCUT2D eigenvalue weighted by Crippen LogP contribution is 2.38. The molecule has 1 aromatic heterocycles. The van der Waals surface area contributed by atoms with E-state index in [1.807, 2.05) is 30.3 Å². The fraction of sp³-hybridized carbons (Fsp3) is 0.333. The van der Waals surface area contributed by atoms with Crippen molar-refractivity contribution in [2.45, 2.75) is 24.7 Å². The number of benzene rings is 1. The summed E-state index contributed by atoms with van der Waals surface area (Å²) < 4.78 is 0. The van der Waals surface area contributed by atoms with Crippen molar-refractivity contribution in [1.82, 2.24) is 9.88 Å². The largest absolute Gasteiger partial charge is 0.337 e. The molecule has 2 aliphatic rings. The standard InChI is InChI=1S/C18H17ClN2O2/c19-14-3-1-2-12(8-14)13-9-21(10-13)18(23)15-6-7-16(11-4-5-11)20-17(15)22/h1-3,6-8,11,13H,4-5,9-10H2,(H,20,22). The van der Waals surface area contributed by atoms with E-state index in [2.05, 4.69) is 4.98 Å². The minimum absolute atomic E-state index is 0.188. The molecular weight excluding hydrogens is 312 g/mol. The number of carbonyl (C=O) groups is 1. The molecule has 23 heavy (non-hydrogen) atoms. The van der Waals surface area contributed by atoms with Crippen LogP contribution in [0.3, 0.4) is 0 Å². The zero-order chi connectivity index (χ0) is 16.0. The molecule has 1 saturated carbocycles. The molecule has 118 valence electrons. The van der Waals surface area contributed by atoms with Crippen LogP contribution < -0.4 is 5.56 Å². The van der Waals surface area contributed by atoms with Gasteiger partial charge in [-0.3, -0.25) is 9.59 Å². The van der Waals surface area contributed by atoms with E-state index in [-0.39, 0.29) is 17.0 Å². The fourth-order valence-corrected chi connectivity index (χ4v) is 3.27. The van der Waals surface area contributed by atoms with Gasteiger partial charge in [-0.25, -0.2) is 0 Å². The van der Waals surface area contributed by atoms with Crippen LogP contribution in [0.25, 0.3) is 0 Å².